The Morgan fingerprint density at radius 1 is 0.411 bits per heavy atom. The van der Waals surface area contributed by atoms with E-state index >= 15 is 0 Å². The monoisotopic (exact) mass is 951 g/mol. The van der Waals surface area contributed by atoms with Gasteiger partial charge in [0.15, 0.2) is 0 Å². The number of hydrogen-bond acceptors (Lipinski definition) is 2. The van der Waals surface area contributed by atoms with Crippen LogP contribution in [0.25, 0.3) is 113 Å². The SMILES string of the molecule is CC(/C(=N\C(C)c1cc(-n2c3ccccc3c3cc4ccccc4cc32)cc2sc3c4ccccc4ccc3c12)c1cccc(-c2ccccc2)c1)=C(/C)c1ccc2c(c1)c1ccccc1n2-c1ccccc1. The predicted octanol–water partition coefficient (Wildman–Crippen LogP) is 19.3. The summed E-state index contributed by atoms with van der Waals surface area (Å²) in [6, 6.07) is 86.6. The average molecular weight is 952 g/mol. The maximum atomic E-state index is 5.99. The van der Waals surface area contributed by atoms with Crippen molar-refractivity contribution in [3.05, 3.63) is 259 Å². The summed E-state index contributed by atoms with van der Waals surface area (Å²) in [6.45, 7) is 6.85. The van der Waals surface area contributed by atoms with Gasteiger partial charge in [0.2, 0.25) is 0 Å². The van der Waals surface area contributed by atoms with Crippen LogP contribution in [-0.2, 0) is 0 Å². The Kier molecular flexibility index (Phi) is 10.1. The van der Waals surface area contributed by atoms with E-state index in [1.807, 2.05) is 11.3 Å². The van der Waals surface area contributed by atoms with Crippen LogP contribution in [0.2, 0.25) is 0 Å². The van der Waals surface area contributed by atoms with E-state index in [9.17, 15) is 0 Å². The van der Waals surface area contributed by atoms with Crippen molar-refractivity contribution in [3.63, 3.8) is 0 Å². The van der Waals surface area contributed by atoms with Crippen LogP contribution in [-0.4, -0.2) is 14.8 Å². The van der Waals surface area contributed by atoms with Crippen LogP contribution in [0, 0.1) is 0 Å². The fourth-order valence-corrected chi connectivity index (χ4v) is 12.9. The normalized spacial score (nSPS) is 13.1. The molecule has 73 heavy (non-hydrogen) atoms. The Labute approximate surface area is 427 Å². The van der Waals surface area contributed by atoms with Crippen molar-refractivity contribution in [1.82, 2.24) is 9.13 Å². The van der Waals surface area contributed by atoms with Gasteiger partial charge in [-0.15, -0.1) is 11.3 Å². The summed E-state index contributed by atoms with van der Waals surface area (Å²) in [5.41, 5.74) is 16.2. The third-order valence-electron chi connectivity index (χ3n) is 15.3. The molecule has 3 aromatic heterocycles. The number of fused-ring (bicyclic) bond motifs is 12. The van der Waals surface area contributed by atoms with Crippen molar-refractivity contribution in [3.8, 4) is 22.5 Å². The first-order valence-electron chi connectivity index (χ1n) is 25.3. The molecule has 4 heteroatoms. The van der Waals surface area contributed by atoms with Crippen LogP contribution in [0.5, 0.6) is 0 Å². The van der Waals surface area contributed by atoms with Gasteiger partial charge in [0.05, 0.1) is 33.8 Å². The van der Waals surface area contributed by atoms with E-state index in [1.165, 1.54) is 108 Å². The van der Waals surface area contributed by atoms with Crippen molar-refractivity contribution in [2.45, 2.75) is 26.8 Å². The summed E-state index contributed by atoms with van der Waals surface area (Å²) < 4.78 is 7.44. The first-order chi connectivity index (χ1) is 35.9. The first-order valence-corrected chi connectivity index (χ1v) is 26.1. The molecule has 3 nitrogen and oxygen atoms in total. The molecule has 0 aliphatic carbocycles. The molecule has 0 saturated carbocycles. The molecule has 0 N–H and O–H groups in total. The number of para-hydroxylation sites is 3. The van der Waals surface area contributed by atoms with Crippen LogP contribution in [0.4, 0.5) is 0 Å². The van der Waals surface area contributed by atoms with E-state index in [0.717, 1.165) is 33.8 Å². The molecular formula is C69H49N3S. The number of aliphatic imine (C=N–C) groups is 1. The Hall–Kier alpha value is -8.83. The molecule has 0 fully saturated rings. The summed E-state index contributed by atoms with van der Waals surface area (Å²) in [4.78, 5) is 5.99. The van der Waals surface area contributed by atoms with Crippen molar-refractivity contribution in [2.24, 2.45) is 4.99 Å². The van der Waals surface area contributed by atoms with Crippen LogP contribution < -0.4 is 0 Å². The molecule has 1 atom stereocenters. The third kappa shape index (κ3) is 7.04. The van der Waals surface area contributed by atoms with E-state index in [0.29, 0.717) is 0 Å². The molecule has 0 bridgehead atoms. The molecule has 0 aliphatic rings. The average Bonchev–Trinajstić information content (AvgIpc) is 4.11. The van der Waals surface area contributed by atoms with Crippen molar-refractivity contribution in [2.75, 3.05) is 0 Å². The van der Waals surface area contributed by atoms with Crippen molar-refractivity contribution < 1.29 is 0 Å². The Morgan fingerprint density at radius 2 is 1.01 bits per heavy atom. The van der Waals surface area contributed by atoms with Gasteiger partial charge in [0.1, 0.15) is 0 Å². The zero-order chi connectivity index (χ0) is 48.7. The number of allylic oxidation sites excluding steroid dienone is 2. The molecule has 14 aromatic rings. The molecule has 1 unspecified atom stereocenters. The van der Waals surface area contributed by atoms with E-state index in [4.69, 9.17) is 4.99 Å². The summed E-state index contributed by atoms with van der Waals surface area (Å²) in [5.74, 6) is 0. The van der Waals surface area contributed by atoms with E-state index < -0.39 is 0 Å². The number of aromatic nitrogens is 2. The number of hydrogen-bond donors (Lipinski definition) is 0. The van der Waals surface area contributed by atoms with Crippen LogP contribution in [0.1, 0.15) is 43.5 Å². The first kappa shape index (κ1) is 43.0. The molecule has 0 amide bonds. The maximum absolute atomic E-state index is 5.99. The van der Waals surface area contributed by atoms with Gasteiger partial charge < -0.3 is 9.13 Å². The molecule has 0 radical (unpaired) electrons. The molecule has 3 heterocycles. The molecule has 0 spiro atoms. The van der Waals surface area contributed by atoms with Gasteiger partial charge in [0, 0.05) is 58.7 Å². The second-order valence-electron chi connectivity index (χ2n) is 19.5. The number of thiophene rings is 1. The number of nitrogens with zero attached hydrogens (tertiary/aromatic N) is 3. The highest BCUT2D eigenvalue weighted by Crippen LogP contribution is 2.45. The lowest BCUT2D eigenvalue weighted by molar-refractivity contribution is 0.828. The molecule has 0 saturated heterocycles. The van der Waals surface area contributed by atoms with Gasteiger partial charge in [0.25, 0.3) is 0 Å². The summed E-state index contributed by atoms with van der Waals surface area (Å²) in [6.07, 6.45) is 0. The summed E-state index contributed by atoms with van der Waals surface area (Å²) in [5, 5.41) is 12.5. The minimum Gasteiger partial charge on any atom is -0.309 e. The minimum absolute atomic E-state index is 0.231. The molecule has 14 rings (SSSR count). The van der Waals surface area contributed by atoms with Gasteiger partial charge in [-0.2, -0.15) is 0 Å². The minimum atomic E-state index is -0.231. The highest BCUT2D eigenvalue weighted by Gasteiger charge is 2.23. The van der Waals surface area contributed by atoms with Crippen molar-refractivity contribution in [1.29, 1.82) is 0 Å². The summed E-state index contributed by atoms with van der Waals surface area (Å²) in [7, 11) is 0. The Bertz CT molecular complexity index is 4580. The smallest absolute Gasteiger partial charge is 0.0735 e. The molecule has 0 aliphatic heterocycles. The van der Waals surface area contributed by atoms with Gasteiger partial charge in [-0.05, 0) is 142 Å². The number of rotatable bonds is 8. The molecular weight excluding hydrogens is 903 g/mol. The Balaban J connectivity index is 1.01. The van der Waals surface area contributed by atoms with Gasteiger partial charge in [-0.25, -0.2) is 0 Å². The molecule has 11 aromatic carbocycles. The number of benzene rings is 11. The lowest BCUT2D eigenvalue weighted by Crippen LogP contribution is -2.08. The fraction of sp³-hybridized carbons (Fsp3) is 0.0580. The van der Waals surface area contributed by atoms with Crippen LogP contribution >= 0.6 is 11.3 Å². The van der Waals surface area contributed by atoms with E-state index in [2.05, 4.69) is 266 Å². The lowest BCUT2D eigenvalue weighted by atomic mass is 9.92. The van der Waals surface area contributed by atoms with E-state index in [-0.39, 0.29) is 6.04 Å². The predicted molar refractivity (Wildman–Crippen MR) is 315 cm³/mol. The second-order valence-corrected chi connectivity index (χ2v) is 20.6. The highest BCUT2D eigenvalue weighted by molar-refractivity contribution is 7.26. The highest BCUT2D eigenvalue weighted by atomic mass is 32.1. The standard InChI is InChI=1S/C69H49N3S/c1-43(48-34-36-64-60(38-48)56-29-14-16-31-62(56)71(64)53-26-8-5-9-27-53)44(2)68(52-25-18-24-49(37-52)46-19-6-4-7-20-46)70-45(3)59-41-54(42-66-67(59)58-35-33-47-21-12-13-28-55(47)69(58)73-66)72-63-32-17-15-30-57(63)61-39-50-22-10-11-23-51(50)40-65(61)72/h4-42,45H,1-3H3/b44-43+,70-68+. The van der Waals surface area contributed by atoms with Crippen LogP contribution in [0.3, 0.4) is 0 Å². The zero-order valence-corrected chi connectivity index (χ0v) is 41.7. The van der Waals surface area contributed by atoms with Crippen LogP contribution in [0.15, 0.2) is 247 Å². The van der Waals surface area contributed by atoms with Gasteiger partial charge >= 0.3 is 0 Å². The topological polar surface area (TPSA) is 22.2 Å². The zero-order valence-electron chi connectivity index (χ0n) is 40.8. The van der Waals surface area contributed by atoms with Gasteiger partial charge in [-0.3, -0.25) is 4.99 Å². The van der Waals surface area contributed by atoms with E-state index in [1.54, 1.807) is 0 Å². The largest absolute Gasteiger partial charge is 0.309 e. The fourth-order valence-electron chi connectivity index (χ4n) is 11.6. The summed E-state index contributed by atoms with van der Waals surface area (Å²) >= 11 is 1.90. The quantitative estimate of drug-likeness (QED) is 0.135. The van der Waals surface area contributed by atoms with Crippen molar-refractivity contribution >= 4 is 108 Å². The van der Waals surface area contributed by atoms with Gasteiger partial charge in [-0.1, -0.05) is 170 Å². The third-order valence-corrected chi connectivity index (χ3v) is 16.5. The second kappa shape index (κ2) is 17.2. The molecule has 346 valence electrons. The Morgan fingerprint density at radius 3 is 1.77 bits per heavy atom. The maximum Gasteiger partial charge on any atom is 0.0735 e. The lowest BCUT2D eigenvalue weighted by Gasteiger charge is -2.19.